The normalized spacial score (nSPS) is 10.2. The lowest BCUT2D eigenvalue weighted by molar-refractivity contribution is -0.385. The number of anilines is 1. The second kappa shape index (κ2) is 5.96. The minimum atomic E-state index is -0.954. The van der Waals surface area contributed by atoms with Gasteiger partial charge in [0.2, 0.25) is 0 Å². The zero-order valence-electron chi connectivity index (χ0n) is 10.3. The van der Waals surface area contributed by atoms with Crippen molar-refractivity contribution in [2.45, 2.75) is 0 Å². The molecule has 0 heterocycles. The number of non-ortho nitro benzene ring substituents is 1. The van der Waals surface area contributed by atoms with Crippen LogP contribution >= 0.6 is 15.9 Å². The summed E-state index contributed by atoms with van der Waals surface area (Å²) in [5, 5.41) is 12.7. The summed E-state index contributed by atoms with van der Waals surface area (Å²) in [6.07, 6.45) is 0. The third-order valence-electron chi connectivity index (χ3n) is 2.58. The first kappa shape index (κ1) is 15.0. The standard InChI is InChI=1S/C13H7BrF2N2O3/c14-10-3-1-7(15)5-9(10)13(19)17-12-4-2-8(18(20)21)6-11(12)16/h1-6H,(H,17,19). The number of benzene rings is 2. The highest BCUT2D eigenvalue weighted by molar-refractivity contribution is 9.10. The van der Waals surface area contributed by atoms with E-state index in [1.807, 2.05) is 0 Å². The van der Waals surface area contributed by atoms with Crippen molar-refractivity contribution >= 4 is 33.2 Å². The van der Waals surface area contributed by atoms with Crippen LogP contribution in [0.2, 0.25) is 0 Å². The lowest BCUT2D eigenvalue weighted by Crippen LogP contribution is -2.14. The molecule has 2 rings (SSSR count). The van der Waals surface area contributed by atoms with Gasteiger partial charge in [0.15, 0.2) is 5.82 Å². The average molecular weight is 357 g/mol. The smallest absolute Gasteiger partial charge is 0.272 e. The summed E-state index contributed by atoms with van der Waals surface area (Å²) in [6.45, 7) is 0. The van der Waals surface area contributed by atoms with Crippen LogP contribution in [0.4, 0.5) is 20.2 Å². The van der Waals surface area contributed by atoms with Gasteiger partial charge in [-0.25, -0.2) is 8.78 Å². The first-order valence-corrected chi connectivity index (χ1v) is 6.38. The fourth-order valence-electron chi connectivity index (χ4n) is 1.58. The average Bonchev–Trinajstić information content (AvgIpc) is 2.43. The first-order valence-electron chi connectivity index (χ1n) is 5.59. The number of nitro groups is 1. The second-order valence-electron chi connectivity index (χ2n) is 4.00. The third-order valence-corrected chi connectivity index (χ3v) is 3.28. The monoisotopic (exact) mass is 356 g/mol. The van der Waals surface area contributed by atoms with Gasteiger partial charge in [-0.1, -0.05) is 0 Å². The summed E-state index contributed by atoms with van der Waals surface area (Å²) in [7, 11) is 0. The molecule has 8 heteroatoms. The minimum absolute atomic E-state index is 0.0206. The number of nitrogens with one attached hydrogen (secondary N) is 1. The van der Waals surface area contributed by atoms with Crippen LogP contribution in [0.15, 0.2) is 40.9 Å². The maximum atomic E-state index is 13.7. The zero-order chi connectivity index (χ0) is 15.6. The number of amides is 1. The van der Waals surface area contributed by atoms with E-state index in [-0.39, 0.29) is 11.3 Å². The van der Waals surface area contributed by atoms with Crippen LogP contribution in [0.5, 0.6) is 0 Å². The van der Waals surface area contributed by atoms with Crippen LogP contribution in [0.25, 0.3) is 0 Å². The van der Waals surface area contributed by atoms with Gasteiger partial charge in [0.25, 0.3) is 11.6 Å². The Balaban J connectivity index is 2.27. The number of nitro benzene ring substituents is 1. The van der Waals surface area contributed by atoms with Gasteiger partial charge in [0, 0.05) is 10.5 Å². The minimum Gasteiger partial charge on any atom is -0.319 e. The van der Waals surface area contributed by atoms with Crippen molar-refractivity contribution in [3.63, 3.8) is 0 Å². The molecule has 0 aliphatic heterocycles. The molecule has 0 unspecified atom stereocenters. The van der Waals surface area contributed by atoms with Crippen LogP contribution in [-0.2, 0) is 0 Å². The molecule has 1 N–H and O–H groups in total. The number of halogens is 3. The Bertz CT molecular complexity index is 737. The first-order chi connectivity index (χ1) is 9.88. The summed E-state index contributed by atoms with van der Waals surface area (Å²) in [5.41, 5.74) is -0.688. The highest BCUT2D eigenvalue weighted by Gasteiger charge is 2.15. The van der Waals surface area contributed by atoms with Crippen LogP contribution in [0, 0.1) is 21.7 Å². The van der Waals surface area contributed by atoms with Gasteiger partial charge in [0.1, 0.15) is 5.82 Å². The van der Waals surface area contributed by atoms with E-state index < -0.39 is 28.2 Å². The number of nitrogens with zero attached hydrogens (tertiary/aromatic N) is 1. The molecule has 0 bridgehead atoms. The van der Waals surface area contributed by atoms with Gasteiger partial charge in [0.05, 0.1) is 22.2 Å². The van der Waals surface area contributed by atoms with Crippen molar-refractivity contribution in [2.24, 2.45) is 0 Å². The Morgan fingerprint density at radius 1 is 1.19 bits per heavy atom. The van der Waals surface area contributed by atoms with Crippen molar-refractivity contribution in [3.8, 4) is 0 Å². The second-order valence-corrected chi connectivity index (χ2v) is 4.85. The van der Waals surface area contributed by atoms with Gasteiger partial charge < -0.3 is 5.32 Å². The van der Waals surface area contributed by atoms with Gasteiger partial charge in [-0.3, -0.25) is 14.9 Å². The van der Waals surface area contributed by atoms with E-state index in [4.69, 9.17) is 0 Å². The predicted octanol–water partition coefficient (Wildman–Crippen LogP) is 3.89. The highest BCUT2D eigenvalue weighted by Crippen LogP contribution is 2.23. The van der Waals surface area contributed by atoms with E-state index in [0.717, 1.165) is 24.3 Å². The zero-order valence-corrected chi connectivity index (χ0v) is 11.9. The highest BCUT2D eigenvalue weighted by atomic mass is 79.9. The Hall–Kier alpha value is -2.35. The lowest BCUT2D eigenvalue weighted by atomic mass is 10.2. The van der Waals surface area contributed by atoms with Crippen molar-refractivity contribution in [1.82, 2.24) is 0 Å². The Morgan fingerprint density at radius 3 is 2.52 bits per heavy atom. The molecular formula is C13H7BrF2N2O3. The molecular weight excluding hydrogens is 350 g/mol. The number of rotatable bonds is 3. The van der Waals surface area contributed by atoms with Crippen molar-refractivity contribution < 1.29 is 18.5 Å². The number of carbonyl (C=O) groups is 1. The Labute approximate surface area is 125 Å². The van der Waals surface area contributed by atoms with E-state index in [2.05, 4.69) is 21.2 Å². The molecule has 0 fully saturated rings. The van der Waals surface area contributed by atoms with Gasteiger partial charge in [-0.15, -0.1) is 0 Å². The van der Waals surface area contributed by atoms with E-state index in [9.17, 15) is 23.7 Å². The Kier molecular flexibility index (Phi) is 4.27. The molecule has 0 spiro atoms. The van der Waals surface area contributed by atoms with Crippen LogP contribution in [-0.4, -0.2) is 10.8 Å². The summed E-state index contributed by atoms with van der Waals surface area (Å²) >= 11 is 3.08. The molecule has 0 aliphatic rings. The molecule has 21 heavy (non-hydrogen) atoms. The maximum absolute atomic E-state index is 13.7. The van der Waals surface area contributed by atoms with E-state index in [1.54, 1.807) is 0 Å². The fraction of sp³-hybridized carbons (Fsp3) is 0. The van der Waals surface area contributed by atoms with Crippen LogP contribution in [0.3, 0.4) is 0 Å². The van der Waals surface area contributed by atoms with E-state index in [0.29, 0.717) is 10.5 Å². The number of carbonyl (C=O) groups excluding carboxylic acids is 1. The molecule has 0 aromatic heterocycles. The third kappa shape index (κ3) is 3.40. The SMILES string of the molecule is O=C(Nc1ccc([N+](=O)[O-])cc1F)c1cc(F)ccc1Br. The van der Waals surface area contributed by atoms with E-state index >= 15 is 0 Å². The quantitative estimate of drug-likeness (QED) is 0.669. The summed E-state index contributed by atoms with van der Waals surface area (Å²) in [6, 6.07) is 6.31. The Morgan fingerprint density at radius 2 is 1.90 bits per heavy atom. The molecule has 0 radical (unpaired) electrons. The van der Waals surface area contributed by atoms with Crippen molar-refractivity contribution in [3.05, 3.63) is 68.2 Å². The molecule has 0 aliphatic carbocycles. The van der Waals surface area contributed by atoms with Crippen LogP contribution < -0.4 is 5.32 Å². The lowest BCUT2D eigenvalue weighted by Gasteiger charge is -2.08. The number of hydrogen-bond donors (Lipinski definition) is 1. The fourth-order valence-corrected chi connectivity index (χ4v) is 2.01. The van der Waals surface area contributed by atoms with Gasteiger partial charge in [-0.05, 0) is 40.2 Å². The predicted molar refractivity (Wildman–Crippen MR) is 75.1 cm³/mol. The topological polar surface area (TPSA) is 72.2 Å². The van der Waals surface area contributed by atoms with Crippen molar-refractivity contribution in [2.75, 3.05) is 5.32 Å². The molecule has 0 saturated carbocycles. The molecule has 5 nitrogen and oxygen atoms in total. The number of hydrogen-bond acceptors (Lipinski definition) is 3. The molecule has 0 saturated heterocycles. The van der Waals surface area contributed by atoms with E-state index in [1.165, 1.54) is 6.07 Å². The molecule has 2 aromatic rings. The van der Waals surface area contributed by atoms with Crippen molar-refractivity contribution in [1.29, 1.82) is 0 Å². The van der Waals surface area contributed by atoms with Crippen LogP contribution in [0.1, 0.15) is 10.4 Å². The summed E-state index contributed by atoms with van der Waals surface area (Å²) in [5.74, 6) is -2.31. The summed E-state index contributed by atoms with van der Waals surface area (Å²) < 4.78 is 27.1. The molecule has 2 aromatic carbocycles. The largest absolute Gasteiger partial charge is 0.319 e. The molecule has 1 amide bonds. The summed E-state index contributed by atoms with van der Waals surface area (Å²) in [4.78, 5) is 21.7. The van der Waals surface area contributed by atoms with Gasteiger partial charge in [-0.2, -0.15) is 0 Å². The molecule has 0 atom stereocenters. The van der Waals surface area contributed by atoms with Gasteiger partial charge >= 0.3 is 0 Å². The maximum Gasteiger partial charge on any atom is 0.272 e. The molecule has 108 valence electrons.